The molecule has 1 amide bonds. The molecule has 0 heterocycles. The Labute approximate surface area is 193 Å². The second-order valence-corrected chi connectivity index (χ2v) is 11.7. The smallest absolute Gasteiger partial charge is 0.271 e. The Bertz CT molecular complexity index is 1260. The number of nitro benzene ring substituents is 1. The van der Waals surface area contributed by atoms with Gasteiger partial charge in [0, 0.05) is 18.4 Å². The molecule has 2 aromatic carbocycles. The number of carbonyl (C=O) groups is 1. The second-order valence-electron chi connectivity index (χ2n) is 7.78. The minimum absolute atomic E-state index is 0.0545. The number of anilines is 1. The maximum atomic E-state index is 13.1. The average Bonchev–Trinajstić information content (AvgIpc) is 2.70. The topological polar surface area (TPSA) is 144 Å². The molecule has 180 valence electrons. The molecular formula is C21H27N3O7S2. The highest BCUT2D eigenvalue weighted by Crippen LogP contribution is 2.30. The van der Waals surface area contributed by atoms with Crippen LogP contribution >= 0.6 is 0 Å². The summed E-state index contributed by atoms with van der Waals surface area (Å²) in [4.78, 5) is 23.9. The second kappa shape index (κ2) is 9.87. The van der Waals surface area contributed by atoms with Crippen molar-refractivity contribution in [2.24, 2.45) is 0 Å². The van der Waals surface area contributed by atoms with E-state index in [1.165, 1.54) is 24.3 Å². The van der Waals surface area contributed by atoms with Crippen LogP contribution in [0.4, 0.5) is 11.4 Å². The van der Waals surface area contributed by atoms with Gasteiger partial charge in [-0.05, 0) is 43.5 Å². The Morgan fingerprint density at radius 3 is 2.12 bits per heavy atom. The molecule has 0 aliphatic rings. The van der Waals surface area contributed by atoms with Crippen molar-refractivity contribution >= 4 is 37.1 Å². The summed E-state index contributed by atoms with van der Waals surface area (Å²) in [5, 5.41) is 14.0. The summed E-state index contributed by atoms with van der Waals surface area (Å²) < 4.78 is 49.5. The summed E-state index contributed by atoms with van der Waals surface area (Å²) in [6.07, 6.45) is 2.14. The molecule has 0 saturated carbocycles. The van der Waals surface area contributed by atoms with Crippen LogP contribution in [0, 0.1) is 17.0 Å². The molecule has 2 aromatic rings. The van der Waals surface area contributed by atoms with Crippen LogP contribution in [0.3, 0.4) is 0 Å². The van der Waals surface area contributed by atoms with Crippen molar-refractivity contribution in [3.8, 4) is 0 Å². The van der Waals surface area contributed by atoms with E-state index in [0.29, 0.717) is 11.1 Å². The number of hydrogen-bond donors (Lipinski definition) is 1. The summed E-state index contributed by atoms with van der Waals surface area (Å²) in [5.74, 6) is -0.589. The molecule has 2 atom stereocenters. The van der Waals surface area contributed by atoms with E-state index in [1.54, 1.807) is 32.9 Å². The summed E-state index contributed by atoms with van der Waals surface area (Å²) in [7, 11) is -7.34. The third-order valence-corrected chi connectivity index (χ3v) is 7.43. The van der Waals surface area contributed by atoms with Gasteiger partial charge in [0.1, 0.15) is 6.04 Å². The van der Waals surface area contributed by atoms with Crippen molar-refractivity contribution in [2.45, 2.75) is 44.2 Å². The number of carbonyl (C=O) groups excluding carboxylic acids is 1. The Morgan fingerprint density at radius 1 is 1.09 bits per heavy atom. The molecular weight excluding hydrogens is 470 g/mol. The summed E-state index contributed by atoms with van der Waals surface area (Å²) >= 11 is 0. The zero-order valence-electron chi connectivity index (χ0n) is 19.0. The van der Waals surface area contributed by atoms with Crippen molar-refractivity contribution in [3.63, 3.8) is 0 Å². The van der Waals surface area contributed by atoms with Crippen LogP contribution in [-0.4, -0.2) is 46.2 Å². The molecule has 0 saturated heterocycles. The molecule has 0 spiro atoms. The number of rotatable bonds is 9. The van der Waals surface area contributed by atoms with E-state index in [9.17, 15) is 31.7 Å². The molecule has 0 aliphatic carbocycles. The molecule has 12 heteroatoms. The zero-order valence-corrected chi connectivity index (χ0v) is 20.6. The quantitative estimate of drug-likeness (QED) is 0.414. The van der Waals surface area contributed by atoms with E-state index >= 15 is 0 Å². The Morgan fingerprint density at radius 2 is 1.67 bits per heavy atom. The van der Waals surface area contributed by atoms with Gasteiger partial charge >= 0.3 is 0 Å². The molecule has 0 aliphatic heterocycles. The monoisotopic (exact) mass is 497 g/mol. The maximum Gasteiger partial charge on any atom is 0.271 e. The van der Waals surface area contributed by atoms with Crippen molar-refractivity contribution in [1.82, 2.24) is 5.32 Å². The molecule has 0 radical (unpaired) electrons. The number of nitrogens with one attached hydrogen (secondary N) is 1. The lowest BCUT2D eigenvalue weighted by Crippen LogP contribution is -2.50. The normalized spacial score (nSPS) is 13.7. The Balaban J connectivity index is 2.40. The lowest BCUT2D eigenvalue weighted by molar-refractivity contribution is -0.384. The maximum absolute atomic E-state index is 13.1. The van der Waals surface area contributed by atoms with Gasteiger partial charge in [-0.25, -0.2) is 16.8 Å². The first-order valence-electron chi connectivity index (χ1n) is 10.0. The number of nitro groups is 1. The van der Waals surface area contributed by atoms with E-state index < -0.39 is 42.8 Å². The number of sulfonamides is 1. The van der Waals surface area contributed by atoms with Crippen molar-refractivity contribution in [1.29, 1.82) is 0 Å². The molecule has 0 bridgehead atoms. The van der Waals surface area contributed by atoms with Gasteiger partial charge < -0.3 is 5.32 Å². The highest BCUT2D eigenvalue weighted by atomic mass is 32.2. The van der Waals surface area contributed by atoms with Gasteiger partial charge in [-0.15, -0.1) is 0 Å². The number of hydrogen-bond acceptors (Lipinski definition) is 7. The number of nitrogens with zero attached hydrogens (tertiary/aromatic N) is 2. The molecule has 0 unspecified atom stereocenters. The zero-order chi connectivity index (χ0) is 25.1. The van der Waals surface area contributed by atoms with Gasteiger partial charge in [0.25, 0.3) is 5.69 Å². The number of non-ortho nitro benzene ring substituents is 1. The van der Waals surface area contributed by atoms with Crippen LogP contribution in [0.1, 0.15) is 37.4 Å². The van der Waals surface area contributed by atoms with E-state index in [-0.39, 0.29) is 22.7 Å². The van der Waals surface area contributed by atoms with E-state index in [0.717, 1.165) is 22.9 Å². The SMILES string of the molecule is CC[C@@H](C(=O)N[C@H](C)c1ccc(S(C)(=O)=O)cc1)N(c1cc([N+](=O)[O-])ccc1C)S(C)(=O)=O. The fourth-order valence-corrected chi connectivity index (χ4v) is 5.27. The van der Waals surface area contributed by atoms with Gasteiger partial charge in [-0.3, -0.25) is 19.2 Å². The first-order chi connectivity index (χ1) is 15.2. The van der Waals surface area contributed by atoms with Crippen LogP contribution in [0.2, 0.25) is 0 Å². The van der Waals surface area contributed by atoms with Gasteiger partial charge in [0.15, 0.2) is 9.84 Å². The third-order valence-electron chi connectivity index (χ3n) is 5.14. The van der Waals surface area contributed by atoms with Crippen molar-refractivity contribution in [3.05, 3.63) is 63.7 Å². The fraction of sp³-hybridized carbons (Fsp3) is 0.381. The number of amides is 1. The molecule has 1 N–H and O–H groups in total. The first-order valence-corrected chi connectivity index (χ1v) is 13.8. The first kappa shape index (κ1) is 26.3. The van der Waals surface area contributed by atoms with Crippen molar-refractivity contribution in [2.75, 3.05) is 16.8 Å². The lowest BCUT2D eigenvalue weighted by atomic mass is 10.1. The summed E-state index contributed by atoms with van der Waals surface area (Å²) in [6.45, 7) is 4.93. The molecule has 0 aromatic heterocycles. The Hall–Kier alpha value is -2.99. The highest BCUT2D eigenvalue weighted by molar-refractivity contribution is 7.92. The summed E-state index contributed by atoms with van der Waals surface area (Å²) in [6, 6.07) is 8.14. The molecule has 33 heavy (non-hydrogen) atoms. The van der Waals surface area contributed by atoms with Crippen LogP contribution in [0.25, 0.3) is 0 Å². The van der Waals surface area contributed by atoms with Gasteiger partial charge in [-0.1, -0.05) is 25.1 Å². The third kappa shape index (κ3) is 6.29. The minimum Gasteiger partial charge on any atom is -0.348 e. The van der Waals surface area contributed by atoms with Gasteiger partial charge in [-0.2, -0.15) is 0 Å². The number of benzene rings is 2. The number of sulfone groups is 1. The van der Waals surface area contributed by atoms with Gasteiger partial charge in [0.2, 0.25) is 15.9 Å². The minimum atomic E-state index is -3.98. The van der Waals surface area contributed by atoms with Crippen LogP contribution < -0.4 is 9.62 Å². The standard InChI is InChI=1S/C21H27N3O7S2/c1-6-19(21(25)22-15(3)16-8-11-18(12-9-16)32(4,28)29)23(33(5,30)31)20-13-17(24(26)27)10-7-14(20)2/h7-13,15,19H,6H2,1-5H3,(H,22,25)/t15-,19+/m1/s1. The summed E-state index contributed by atoms with van der Waals surface area (Å²) in [5.41, 5.74) is 0.849. The Kier molecular flexibility index (Phi) is 7.86. The lowest BCUT2D eigenvalue weighted by Gasteiger charge is -2.32. The predicted molar refractivity (Wildman–Crippen MR) is 125 cm³/mol. The largest absolute Gasteiger partial charge is 0.348 e. The van der Waals surface area contributed by atoms with E-state index in [1.807, 2.05) is 0 Å². The van der Waals surface area contributed by atoms with Crippen LogP contribution in [0.15, 0.2) is 47.4 Å². The van der Waals surface area contributed by atoms with Crippen molar-refractivity contribution < 1.29 is 26.6 Å². The fourth-order valence-electron chi connectivity index (χ4n) is 3.38. The van der Waals surface area contributed by atoms with Crippen LogP contribution in [-0.2, 0) is 24.7 Å². The molecule has 2 rings (SSSR count). The van der Waals surface area contributed by atoms with Crippen LogP contribution in [0.5, 0.6) is 0 Å². The highest BCUT2D eigenvalue weighted by Gasteiger charge is 2.34. The van der Waals surface area contributed by atoms with E-state index in [2.05, 4.69) is 5.32 Å². The molecule has 10 nitrogen and oxygen atoms in total. The molecule has 0 fully saturated rings. The average molecular weight is 498 g/mol. The van der Waals surface area contributed by atoms with E-state index in [4.69, 9.17) is 0 Å². The number of aryl methyl sites for hydroxylation is 1. The van der Waals surface area contributed by atoms with Gasteiger partial charge in [0.05, 0.1) is 27.8 Å². The predicted octanol–water partition coefficient (Wildman–Crippen LogP) is 2.73.